The van der Waals surface area contributed by atoms with Gasteiger partial charge in [0.2, 0.25) is 5.95 Å². The van der Waals surface area contributed by atoms with Gasteiger partial charge in [-0.3, -0.25) is 0 Å². The van der Waals surface area contributed by atoms with E-state index in [1.807, 2.05) is 31.4 Å². The number of aliphatic hydroxyl groups is 1. The molecule has 11 heteroatoms. The molecule has 206 valence electrons. The lowest BCUT2D eigenvalue weighted by molar-refractivity contribution is 0.151. The number of hydrogen-bond acceptors (Lipinski definition) is 8. The number of nitrogens with zero attached hydrogens (tertiary/aromatic N) is 6. The van der Waals surface area contributed by atoms with Gasteiger partial charge in [0.05, 0.1) is 30.2 Å². The first-order valence-electron chi connectivity index (χ1n) is 13.3. The van der Waals surface area contributed by atoms with Crippen LogP contribution in [0.15, 0.2) is 36.7 Å². The predicted molar refractivity (Wildman–Crippen MR) is 148 cm³/mol. The second kappa shape index (κ2) is 11.6. The van der Waals surface area contributed by atoms with E-state index in [0.29, 0.717) is 28.6 Å². The van der Waals surface area contributed by atoms with Crippen molar-refractivity contribution in [1.82, 2.24) is 29.4 Å². The number of likely N-dealkylation sites (tertiary alicyclic amines) is 1. The van der Waals surface area contributed by atoms with Crippen LogP contribution in [-0.2, 0) is 0 Å². The molecule has 0 amide bonds. The Morgan fingerprint density at radius 2 is 1.85 bits per heavy atom. The zero-order chi connectivity index (χ0) is 27.5. The molecule has 3 aromatic heterocycles. The van der Waals surface area contributed by atoms with Crippen molar-refractivity contribution < 1.29 is 13.9 Å². The summed E-state index contributed by atoms with van der Waals surface area (Å²) in [7, 11) is 0. The van der Waals surface area contributed by atoms with E-state index in [0.717, 1.165) is 50.9 Å². The fourth-order valence-corrected chi connectivity index (χ4v) is 5.19. The van der Waals surface area contributed by atoms with Crippen LogP contribution in [0.2, 0.25) is 0 Å². The maximum Gasteiger partial charge on any atom is 0.229 e. The number of piperidine rings is 1. The lowest BCUT2D eigenvalue weighted by atomic mass is 9.97. The SMILES string of the molecule is Cc1nc2c(F)cc(-c3nc(Nc4ccc(NCC5CCN(CCO)CC5)cn4)ncc3F)cc2n1C(C)C. The quantitative estimate of drug-likeness (QED) is 0.277. The van der Waals surface area contributed by atoms with E-state index < -0.39 is 11.6 Å². The minimum Gasteiger partial charge on any atom is -0.395 e. The van der Waals surface area contributed by atoms with Gasteiger partial charge in [-0.25, -0.2) is 28.7 Å². The summed E-state index contributed by atoms with van der Waals surface area (Å²) < 4.78 is 31.7. The number of hydrogen-bond donors (Lipinski definition) is 3. The Balaban J connectivity index is 1.27. The minimum absolute atomic E-state index is 0.00854. The summed E-state index contributed by atoms with van der Waals surface area (Å²) in [5, 5.41) is 15.5. The Hall–Kier alpha value is -3.70. The Kier molecular flexibility index (Phi) is 7.99. The van der Waals surface area contributed by atoms with Crippen LogP contribution in [0.4, 0.5) is 26.2 Å². The lowest BCUT2D eigenvalue weighted by Crippen LogP contribution is -2.37. The number of aryl methyl sites for hydroxylation is 1. The van der Waals surface area contributed by atoms with Crippen molar-refractivity contribution in [3.63, 3.8) is 0 Å². The van der Waals surface area contributed by atoms with Crippen LogP contribution in [0.3, 0.4) is 0 Å². The van der Waals surface area contributed by atoms with Crippen LogP contribution < -0.4 is 10.6 Å². The van der Waals surface area contributed by atoms with Crippen LogP contribution in [0.25, 0.3) is 22.3 Å². The summed E-state index contributed by atoms with van der Waals surface area (Å²) in [5.41, 5.74) is 2.04. The second-order valence-electron chi connectivity index (χ2n) is 10.3. The maximum absolute atomic E-state index is 15.0. The maximum atomic E-state index is 15.0. The fourth-order valence-electron chi connectivity index (χ4n) is 5.19. The third-order valence-electron chi connectivity index (χ3n) is 7.18. The summed E-state index contributed by atoms with van der Waals surface area (Å²) in [6.07, 6.45) is 4.99. The molecule has 5 rings (SSSR count). The standard InChI is InChI=1S/C28H34F2N8O/c1-17(2)38-18(3)34-27-22(29)12-20(13-24(27)38)26-23(30)16-33-28(36-26)35-25-5-4-21(15-32-25)31-14-19-6-8-37(9-7-19)10-11-39/h4-5,12-13,15-17,19,31,39H,6-11,14H2,1-3H3,(H,32,33,35,36). The van der Waals surface area contributed by atoms with Gasteiger partial charge >= 0.3 is 0 Å². The Bertz CT molecular complexity index is 1430. The van der Waals surface area contributed by atoms with E-state index in [4.69, 9.17) is 5.11 Å². The molecule has 1 aromatic carbocycles. The van der Waals surface area contributed by atoms with Crippen molar-refractivity contribution in [2.45, 2.75) is 39.7 Å². The van der Waals surface area contributed by atoms with Crippen molar-refractivity contribution in [2.75, 3.05) is 43.4 Å². The molecule has 0 spiro atoms. The zero-order valence-corrected chi connectivity index (χ0v) is 22.5. The molecular weight excluding hydrogens is 502 g/mol. The first kappa shape index (κ1) is 26.9. The van der Waals surface area contributed by atoms with Crippen LogP contribution >= 0.6 is 0 Å². The smallest absolute Gasteiger partial charge is 0.229 e. The van der Waals surface area contributed by atoms with Gasteiger partial charge in [-0.2, -0.15) is 0 Å². The van der Waals surface area contributed by atoms with Crippen molar-refractivity contribution in [1.29, 1.82) is 0 Å². The topological polar surface area (TPSA) is 104 Å². The van der Waals surface area contributed by atoms with Gasteiger partial charge in [0.25, 0.3) is 0 Å². The lowest BCUT2D eigenvalue weighted by Gasteiger charge is -2.31. The zero-order valence-electron chi connectivity index (χ0n) is 22.5. The number of aliphatic hydroxyl groups excluding tert-OH is 1. The fraction of sp³-hybridized carbons (Fsp3) is 0.429. The monoisotopic (exact) mass is 536 g/mol. The molecule has 3 N–H and O–H groups in total. The summed E-state index contributed by atoms with van der Waals surface area (Å²) in [5.74, 6) is 0.748. The molecule has 9 nitrogen and oxygen atoms in total. The summed E-state index contributed by atoms with van der Waals surface area (Å²) >= 11 is 0. The van der Waals surface area contributed by atoms with E-state index in [9.17, 15) is 8.78 Å². The molecule has 1 fully saturated rings. The number of aromatic nitrogens is 5. The molecule has 0 unspecified atom stereocenters. The summed E-state index contributed by atoms with van der Waals surface area (Å²) in [4.78, 5) is 19.5. The van der Waals surface area contributed by atoms with Gasteiger partial charge in [-0.1, -0.05) is 0 Å². The number of β-amino-alcohol motifs (C(OH)–C–C–N with tert-alkyl or cyclic N) is 1. The summed E-state index contributed by atoms with van der Waals surface area (Å²) in [6, 6.07) is 6.74. The number of halogens is 2. The number of pyridine rings is 1. The Morgan fingerprint density at radius 1 is 1.05 bits per heavy atom. The molecular formula is C28H34F2N8O. The minimum atomic E-state index is -0.652. The third-order valence-corrected chi connectivity index (χ3v) is 7.18. The number of nitrogens with one attached hydrogen (secondary N) is 2. The highest BCUT2D eigenvalue weighted by atomic mass is 19.1. The van der Waals surface area contributed by atoms with Gasteiger partial charge < -0.3 is 25.2 Å². The van der Waals surface area contributed by atoms with E-state index in [2.05, 4.69) is 35.5 Å². The number of benzene rings is 1. The van der Waals surface area contributed by atoms with Gasteiger partial charge in [-0.15, -0.1) is 0 Å². The average molecular weight is 537 g/mol. The molecule has 0 bridgehead atoms. The molecule has 4 heterocycles. The molecule has 39 heavy (non-hydrogen) atoms. The number of fused-ring (bicyclic) bond motifs is 1. The second-order valence-corrected chi connectivity index (χ2v) is 10.3. The Morgan fingerprint density at radius 3 is 2.54 bits per heavy atom. The van der Waals surface area contributed by atoms with E-state index in [-0.39, 0.29) is 29.8 Å². The molecule has 1 aliphatic rings. The normalized spacial score (nSPS) is 14.8. The van der Waals surface area contributed by atoms with Crippen molar-refractivity contribution in [3.8, 4) is 11.3 Å². The molecule has 0 radical (unpaired) electrons. The largest absolute Gasteiger partial charge is 0.395 e. The van der Waals surface area contributed by atoms with E-state index in [1.165, 1.54) is 6.07 Å². The Labute approximate surface area is 226 Å². The highest BCUT2D eigenvalue weighted by molar-refractivity contribution is 5.83. The van der Waals surface area contributed by atoms with Crippen LogP contribution in [0.1, 0.15) is 38.6 Å². The molecule has 1 aliphatic heterocycles. The molecule has 4 aromatic rings. The number of rotatable bonds is 9. The average Bonchev–Trinajstić information content (AvgIpc) is 3.27. The van der Waals surface area contributed by atoms with Crippen LogP contribution in [0, 0.1) is 24.5 Å². The van der Waals surface area contributed by atoms with Crippen molar-refractivity contribution in [3.05, 3.63) is 54.1 Å². The molecule has 0 atom stereocenters. The van der Waals surface area contributed by atoms with E-state index >= 15 is 0 Å². The molecule has 0 aliphatic carbocycles. The molecule has 0 saturated carbocycles. The van der Waals surface area contributed by atoms with Gasteiger partial charge in [0.1, 0.15) is 22.9 Å². The van der Waals surface area contributed by atoms with Gasteiger partial charge in [0, 0.05) is 24.7 Å². The first-order valence-corrected chi connectivity index (χ1v) is 13.3. The molecule has 1 saturated heterocycles. The van der Waals surface area contributed by atoms with Gasteiger partial charge in [-0.05, 0) is 76.9 Å². The van der Waals surface area contributed by atoms with Crippen molar-refractivity contribution >= 4 is 28.5 Å². The van der Waals surface area contributed by atoms with E-state index in [1.54, 1.807) is 18.3 Å². The van der Waals surface area contributed by atoms with Crippen molar-refractivity contribution in [2.24, 2.45) is 5.92 Å². The van der Waals surface area contributed by atoms with Crippen LogP contribution in [-0.4, -0.2) is 67.3 Å². The summed E-state index contributed by atoms with van der Waals surface area (Å²) in [6.45, 7) is 9.63. The third kappa shape index (κ3) is 5.99. The van der Waals surface area contributed by atoms with Crippen LogP contribution in [0.5, 0.6) is 0 Å². The number of anilines is 3. The van der Waals surface area contributed by atoms with Gasteiger partial charge in [0.15, 0.2) is 11.6 Å². The first-order chi connectivity index (χ1) is 18.8. The highest BCUT2D eigenvalue weighted by Crippen LogP contribution is 2.30. The highest BCUT2D eigenvalue weighted by Gasteiger charge is 2.20. The number of imidazole rings is 1. The predicted octanol–water partition coefficient (Wildman–Crippen LogP) is 4.92.